The maximum atomic E-state index is 12.2. The van der Waals surface area contributed by atoms with E-state index in [9.17, 15) is 4.79 Å². The molecule has 1 amide bonds. The number of carbonyl (C=O) groups is 1. The van der Waals surface area contributed by atoms with Gasteiger partial charge in [0.1, 0.15) is 11.4 Å². The fourth-order valence-electron chi connectivity index (χ4n) is 2.77. The monoisotopic (exact) mass is 329 g/mol. The van der Waals surface area contributed by atoms with Crippen molar-refractivity contribution in [3.8, 4) is 5.75 Å². The first-order valence-electron chi connectivity index (χ1n) is 8.06. The third-order valence-corrected chi connectivity index (χ3v) is 3.92. The van der Waals surface area contributed by atoms with Crippen molar-refractivity contribution in [2.45, 2.75) is 32.8 Å². The van der Waals surface area contributed by atoms with Crippen LogP contribution in [0.4, 0.5) is 4.79 Å². The summed E-state index contributed by atoms with van der Waals surface area (Å²) in [5, 5.41) is 4.23. The Balaban J connectivity index is 1.81. The normalized spacial score (nSPS) is 15.3. The van der Waals surface area contributed by atoms with E-state index in [0.717, 1.165) is 23.3 Å². The van der Waals surface area contributed by atoms with E-state index in [1.54, 1.807) is 22.7 Å². The summed E-state index contributed by atoms with van der Waals surface area (Å²) in [6, 6.07) is 4.03. The maximum Gasteiger partial charge on any atom is 0.410 e. The van der Waals surface area contributed by atoms with E-state index in [-0.39, 0.29) is 6.09 Å². The Bertz CT molecular complexity index is 786. The Morgan fingerprint density at radius 3 is 2.75 bits per heavy atom. The van der Waals surface area contributed by atoms with Crippen molar-refractivity contribution in [2.24, 2.45) is 0 Å². The van der Waals surface area contributed by atoms with Gasteiger partial charge >= 0.3 is 6.09 Å². The van der Waals surface area contributed by atoms with Gasteiger partial charge in [0, 0.05) is 24.8 Å². The lowest BCUT2D eigenvalue weighted by molar-refractivity contribution is 0.0270. The molecule has 1 aliphatic rings. The van der Waals surface area contributed by atoms with E-state index in [2.05, 4.69) is 17.2 Å². The van der Waals surface area contributed by atoms with Crippen LogP contribution < -0.4 is 4.74 Å². The molecule has 0 aromatic carbocycles. The van der Waals surface area contributed by atoms with E-state index in [1.165, 1.54) is 5.57 Å². The molecule has 0 atom stereocenters. The molecule has 0 N–H and O–H groups in total. The minimum Gasteiger partial charge on any atom is -0.495 e. The van der Waals surface area contributed by atoms with Crippen LogP contribution in [0.15, 0.2) is 30.6 Å². The molecule has 0 saturated heterocycles. The van der Waals surface area contributed by atoms with Gasteiger partial charge in [0.05, 0.1) is 18.8 Å². The molecule has 1 aliphatic heterocycles. The first-order valence-corrected chi connectivity index (χ1v) is 8.06. The number of hydrogen-bond donors (Lipinski definition) is 0. The summed E-state index contributed by atoms with van der Waals surface area (Å²) >= 11 is 0. The average molecular weight is 329 g/mol. The molecule has 3 heterocycles. The zero-order valence-electron chi connectivity index (χ0n) is 14.6. The predicted octanol–water partition coefficient (Wildman–Crippen LogP) is 3.37. The first-order chi connectivity index (χ1) is 11.4. The van der Waals surface area contributed by atoms with Gasteiger partial charge in [-0.1, -0.05) is 6.08 Å². The van der Waals surface area contributed by atoms with Crippen molar-refractivity contribution in [1.82, 2.24) is 14.5 Å². The highest BCUT2D eigenvalue weighted by molar-refractivity contribution is 5.76. The van der Waals surface area contributed by atoms with Gasteiger partial charge in [-0.05, 0) is 44.9 Å². The Labute approximate surface area is 141 Å². The van der Waals surface area contributed by atoms with Crippen LogP contribution in [0.1, 0.15) is 32.8 Å². The van der Waals surface area contributed by atoms with Crippen molar-refractivity contribution in [1.29, 1.82) is 0 Å². The summed E-state index contributed by atoms with van der Waals surface area (Å²) < 4.78 is 12.7. The number of carbonyl (C=O) groups excluding carboxylic acids is 1. The fourth-order valence-corrected chi connectivity index (χ4v) is 2.77. The number of aromatic nitrogens is 2. The van der Waals surface area contributed by atoms with Crippen molar-refractivity contribution in [2.75, 3.05) is 20.2 Å². The molecule has 128 valence electrons. The molecular weight excluding hydrogens is 306 g/mol. The lowest BCUT2D eigenvalue weighted by atomic mass is 9.99. The highest BCUT2D eigenvalue weighted by atomic mass is 16.6. The van der Waals surface area contributed by atoms with Gasteiger partial charge in [0.15, 0.2) is 0 Å². The van der Waals surface area contributed by atoms with Gasteiger partial charge < -0.3 is 14.4 Å². The Kier molecular flexibility index (Phi) is 4.22. The van der Waals surface area contributed by atoms with Crippen molar-refractivity contribution in [3.05, 3.63) is 36.2 Å². The largest absolute Gasteiger partial charge is 0.495 e. The van der Waals surface area contributed by atoms with Crippen LogP contribution in [0.3, 0.4) is 0 Å². The van der Waals surface area contributed by atoms with E-state index in [4.69, 9.17) is 9.47 Å². The highest BCUT2D eigenvalue weighted by Gasteiger charge is 2.24. The topological polar surface area (TPSA) is 56.1 Å². The standard InChI is InChI=1S/C18H23N3O3/c1-18(2,3)24-17(22)20-9-6-13(7-10-20)15-11-14-5-8-19-21(14)12-16(15)23-4/h5-6,8,11-12H,7,9-10H2,1-4H3. The predicted molar refractivity (Wildman–Crippen MR) is 92.1 cm³/mol. The fraction of sp³-hybridized carbons (Fsp3) is 0.444. The molecule has 3 rings (SSSR count). The Morgan fingerprint density at radius 1 is 1.33 bits per heavy atom. The van der Waals surface area contributed by atoms with Gasteiger partial charge in [0.2, 0.25) is 0 Å². The lowest BCUT2D eigenvalue weighted by Gasteiger charge is -2.30. The Hall–Kier alpha value is -2.50. The van der Waals surface area contributed by atoms with Crippen LogP contribution in [0, 0.1) is 0 Å². The molecule has 6 nitrogen and oxygen atoms in total. The number of nitrogens with zero attached hydrogens (tertiary/aromatic N) is 3. The third kappa shape index (κ3) is 3.37. The van der Waals surface area contributed by atoms with Crippen LogP contribution in [0.25, 0.3) is 11.1 Å². The minimum atomic E-state index is -0.475. The second kappa shape index (κ2) is 6.19. The smallest absolute Gasteiger partial charge is 0.410 e. The van der Waals surface area contributed by atoms with Crippen LogP contribution in [0.2, 0.25) is 0 Å². The second-order valence-electron chi connectivity index (χ2n) is 6.86. The molecule has 0 radical (unpaired) electrons. The van der Waals surface area contributed by atoms with Gasteiger partial charge in [-0.3, -0.25) is 0 Å². The molecule has 0 aliphatic carbocycles. The van der Waals surface area contributed by atoms with Crippen LogP contribution in [0.5, 0.6) is 5.75 Å². The number of fused-ring (bicyclic) bond motifs is 1. The number of hydrogen-bond acceptors (Lipinski definition) is 4. The van der Waals surface area contributed by atoms with E-state index >= 15 is 0 Å². The average Bonchev–Trinajstić information content (AvgIpc) is 2.99. The van der Waals surface area contributed by atoms with E-state index in [0.29, 0.717) is 13.1 Å². The molecule has 0 saturated carbocycles. The van der Waals surface area contributed by atoms with Crippen LogP contribution >= 0.6 is 0 Å². The molecule has 24 heavy (non-hydrogen) atoms. The number of methoxy groups -OCH3 is 1. The van der Waals surface area contributed by atoms with Gasteiger partial charge in [-0.15, -0.1) is 0 Å². The zero-order chi connectivity index (χ0) is 17.3. The Morgan fingerprint density at radius 2 is 2.12 bits per heavy atom. The lowest BCUT2D eigenvalue weighted by Crippen LogP contribution is -2.39. The van der Waals surface area contributed by atoms with E-state index in [1.807, 2.05) is 33.0 Å². The quantitative estimate of drug-likeness (QED) is 0.848. The summed E-state index contributed by atoms with van der Waals surface area (Å²) in [4.78, 5) is 13.9. The van der Waals surface area contributed by atoms with Gasteiger partial charge in [0.25, 0.3) is 0 Å². The molecular formula is C18H23N3O3. The van der Waals surface area contributed by atoms with Crippen molar-refractivity contribution >= 4 is 17.2 Å². The highest BCUT2D eigenvalue weighted by Crippen LogP contribution is 2.31. The first kappa shape index (κ1) is 16.4. The summed E-state index contributed by atoms with van der Waals surface area (Å²) in [5.74, 6) is 0.781. The summed E-state index contributed by atoms with van der Waals surface area (Å²) in [7, 11) is 1.66. The minimum absolute atomic E-state index is 0.268. The van der Waals surface area contributed by atoms with E-state index < -0.39 is 5.60 Å². The number of rotatable bonds is 2. The molecule has 0 fully saturated rings. The number of amides is 1. The van der Waals surface area contributed by atoms with Crippen molar-refractivity contribution < 1.29 is 14.3 Å². The molecule has 6 heteroatoms. The molecule has 2 aromatic rings. The molecule has 0 spiro atoms. The van der Waals surface area contributed by atoms with Crippen molar-refractivity contribution in [3.63, 3.8) is 0 Å². The van der Waals surface area contributed by atoms with Gasteiger partial charge in [-0.2, -0.15) is 5.10 Å². The van der Waals surface area contributed by atoms with Crippen LogP contribution in [-0.4, -0.2) is 46.4 Å². The van der Waals surface area contributed by atoms with Gasteiger partial charge in [-0.25, -0.2) is 9.31 Å². The maximum absolute atomic E-state index is 12.2. The summed E-state index contributed by atoms with van der Waals surface area (Å²) in [6.45, 7) is 6.80. The summed E-state index contributed by atoms with van der Waals surface area (Å²) in [6.07, 6.45) is 6.21. The number of ether oxygens (including phenoxy) is 2. The zero-order valence-corrected chi connectivity index (χ0v) is 14.6. The molecule has 0 unspecified atom stereocenters. The second-order valence-corrected chi connectivity index (χ2v) is 6.86. The molecule has 2 aromatic heterocycles. The summed E-state index contributed by atoms with van der Waals surface area (Å²) in [5.41, 5.74) is 2.77. The molecule has 0 bridgehead atoms. The number of pyridine rings is 1. The van der Waals surface area contributed by atoms with Crippen LogP contribution in [-0.2, 0) is 4.74 Å². The SMILES string of the molecule is COc1cn2nccc2cc1C1=CCN(C(=O)OC(C)(C)C)CC1. The third-order valence-electron chi connectivity index (χ3n) is 3.92.